The first kappa shape index (κ1) is 15.1. The van der Waals surface area contributed by atoms with Crippen molar-refractivity contribution in [1.29, 1.82) is 0 Å². The van der Waals surface area contributed by atoms with Crippen LogP contribution in [0.3, 0.4) is 0 Å². The van der Waals surface area contributed by atoms with E-state index in [0.717, 1.165) is 17.5 Å². The minimum Gasteiger partial charge on any atom is -0.466 e. The number of ether oxygens (including phenoxy) is 1. The van der Waals surface area contributed by atoms with Crippen molar-refractivity contribution in [2.45, 2.75) is 33.4 Å². The molecule has 0 unspecified atom stereocenters. The van der Waals surface area contributed by atoms with Crippen LogP contribution in [0, 0.1) is 0 Å². The Labute approximate surface area is 123 Å². The van der Waals surface area contributed by atoms with Gasteiger partial charge in [0, 0.05) is 18.7 Å². The Morgan fingerprint density at radius 2 is 1.86 bits per heavy atom. The second-order valence-electron chi connectivity index (χ2n) is 4.91. The van der Waals surface area contributed by atoms with Gasteiger partial charge in [-0.1, -0.05) is 25.1 Å². The standard InChI is InChI=1S/C16H20N2O3/c1-4-10-17-13-7-5-6-8-14(13)18(16(17)20)11-9-12(2)15(19)21-3/h5-9H,4,10-11H2,1-3H3. The number of fused-ring (bicyclic) bond motifs is 1. The molecule has 5 heteroatoms. The Morgan fingerprint density at radius 3 is 2.43 bits per heavy atom. The lowest BCUT2D eigenvalue weighted by Gasteiger charge is -2.01. The molecule has 0 atom stereocenters. The van der Waals surface area contributed by atoms with Gasteiger partial charge in [0.15, 0.2) is 0 Å². The Balaban J connectivity index is 2.47. The van der Waals surface area contributed by atoms with Gasteiger partial charge in [0.1, 0.15) is 0 Å². The van der Waals surface area contributed by atoms with Crippen LogP contribution in [-0.4, -0.2) is 22.2 Å². The Morgan fingerprint density at radius 1 is 1.24 bits per heavy atom. The number of methoxy groups -OCH3 is 1. The molecule has 1 aromatic heterocycles. The lowest BCUT2D eigenvalue weighted by molar-refractivity contribution is -0.136. The molecule has 2 aromatic rings. The number of carbonyl (C=O) groups excluding carboxylic acids is 1. The van der Waals surface area contributed by atoms with Gasteiger partial charge >= 0.3 is 11.7 Å². The van der Waals surface area contributed by atoms with Crippen molar-refractivity contribution in [3.8, 4) is 0 Å². The van der Waals surface area contributed by atoms with Gasteiger partial charge in [-0.25, -0.2) is 9.59 Å². The van der Waals surface area contributed by atoms with E-state index < -0.39 is 0 Å². The van der Waals surface area contributed by atoms with Crippen LogP contribution in [0.15, 0.2) is 40.7 Å². The van der Waals surface area contributed by atoms with Crippen molar-refractivity contribution < 1.29 is 9.53 Å². The highest BCUT2D eigenvalue weighted by Crippen LogP contribution is 2.13. The molecule has 0 amide bonds. The van der Waals surface area contributed by atoms with E-state index in [0.29, 0.717) is 18.7 Å². The van der Waals surface area contributed by atoms with Crippen molar-refractivity contribution in [2.24, 2.45) is 0 Å². The molecule has 0 N–H and O–H groups in total. The van der Waals surface area contributed by atoms with Crippen molar-refractivity contribution in [1.82, 2.24) is 9.13 Å². The summed E-state index contributed by atoms with van der Waals surface area (Å²) in [6.45, 7) is 4.77. The SMILES string of the molecule is CCCn1c(=O)n(CC=C(C)C(=O)OC)c2ccccc21. The Hall–Kier alpha value is -2.30. The summed E-state index contributed by atoms with van der Waals surface area (Å²) in [5, 5.41) is 0. The number of esters is 1. The zero-order valence-electron chi connectivity index (χ0n) is 12.6. The van der Waals surface area contributed by atoms with Gasteiger partial charge < -0.3 is 4.74 Å². The number of allylic oxidation sites excluding steroid dienone is 1. The van der Waals surface area contributed by atoms with Gasteiger partial charge in [-0.15, -0.1) is 0 Å². The molecule has 5 nitrogen and oxygen atoms in total. The first-order valence-electron chi connectivity index (χ1n) is 7.03. The molecule has 0 fully saturated rings. The molecule has 0 saturated carbocycles. The van der Waals surface area contributed by atoms with Gasteiger partial charge in [-0.05, 0) is 25.5 Å². The summed E-state index contributed by atoms with van der Waals surface area (Å²) in [4.78, 5) is 23.9. The molecule has 0 aliphatic heterocycles. The number of aryl methyl sites for hydroxylation is 1. The number of nitrogens with zero attached hydrogens (tertiary/aromatic N) is 2. The molecule has 0 radical (unpaired) electrons. The molecule has 1 heterocycles. The minimum absolute atomic E-state index is 0.0491. The van der Waals surface area contributed by atoms with Gasteiger partial charge in [-0.3, -0.25) is 9.13 Å². The molecular formula is C16H20N2O3. The number of hydrogen-bond acceptors (Lipinski definition) is 3. The highest BCUT2D eigenvalue weighted by Gasteiger charge is 2.11. The summed E-state index contributed by atoms with van der Waals surface area (Å²) in [6, 6.07) is 7.70. The van der Waals surface area contributed by atoms with Crippen molar-refractivity contribution in [3.05, 3.63) is 46.4 Å². The summed E-state index contributed by atoms with van der Waals surface area (Å²) < 4.78 is 8.11. The average molecular weight is 288 g/mol. The molecule has 0 aliphatic rings. The van der Waals surface area contributed by atoms with Crippen LogP contribution in [0.5, 0.6) is 0 Å². The Kier molecular flexibility index (Phi) is 4.62. The van der Waals surface area contributed by atoms with Crippen LogP contribution in [0.2, 0.25) is 0 Å². The molecule has 0 spiro atoms. The molecule has 21 heavy (non-hydrogen) atoms. The highest BCUT2D eigenvalue weighted by molar-refractivity contribution is 5.87. The van der Waals surface area contributed by atoms with Crippen molar-refractivity contribution in [2.75, 3.05) is 7.11 Å². The Bertz CT molecular complexity index is 738. The summed E-state index contributed by atoms with van der Waals surface area (Å²) in [5.74, 6) is -0.375. The van der Waals surface area contributed by atoms with Gasteiger partial charge in [-0.2, -0.15) is 0 Å². The first-order valence-corrected chi connectivity index (χ1v) is 7.03. The van der Waals surface area contributed by atoms with Crippen molar-refractivity contribution in [3.63, 3.8) is 0 Å². The monoisotopic (exact) mass is 288 g/mol. The van der Waals surface area contributed by atoms with Crippen LogP contribution in [0.4, 0.5) is 0 Å². The number of hydrogen-bond donors (Lipinski definition) is 0. The predicted molar refractivity (Wildman–Crippen MR) is 82.3 cm³/mol. The van der Waals surface area contributed by atoms with Gasteiger partial charge in [0.25, 0.3) is 0 Å². The largest absolute Gasteiger partial charge is 0.466 e. The minimum atomic E-state index is -0.375. The van der Waals surface area contributed by atoms with E-state index >= 15 is 0 Å². The number of aromatic nitrogens is 2. The lowest BCUT2D eigenvalue weighted by atomic mass is 10.2. The summed E-state index contributed by atoms with van der Waals surface area (Å²) >= 11 is 0. The maximum atomic E-state index is 12.5. The van der Waals surface area contributed by atoms with E-state index in [2.05, 4.69) is 4.74 Å². The van der Waals surface area contributed by atoms with Crippen LogP contribution in [-0.2, 0) is 22.6 Å². The number of para-hydroxylation sites is 2. The fourth-order valence-corrected chi connectivity index (χ4v) is 2.36. The quantitative estimate of drug-likeness (QED) is 0.627. The van der Waals surface area contributed by atoms with Gasteiger partial charge in [0.2, 0.25) is 0 Å². The summed E-state index contributed by atoms with van der Waals surface area (Å²) in [6.07, 6.45) is 2.61. The maximum absolute atomic E-state index is 12.5. The zero-order valence-corrected chi connectivity index (χ0v) is 12.6. The lowest BCUT2D eigenvalue weighted by Crippen LogP contribution is -2.24. The number of imidazole rings is 1. The van der Waals surface area contributed by atoms with Crippen LogP contribution < -0.4 is 5.69 Å². The fourth-order valence-electron chi connectivity index (χ4n) is 2.36. The maximum Gasteiger partial charge on any atom is 0.333 e. The van der Waals surface area contributed by atoms with Crippen LogP contribution in [0.1, 0.15) is 20.3 Å². The van der Waals surface area contributed by atoms with Gasteiger partial charge in [0.05, 0.1) is 18.1 Å². The molecular weight excluding hydrogens is 268 g/mol. The smallest absolute Gasteiger partial charge is 0.333 e. The first-order chi connectivity index (χ1) is 10.1. The fraction of sp³-hybridized carbons (Fsp3) is 0.375. The molecule has 2 rings (SSSR count). The number of benzene rings is 1. The molecule has 112 valence electrons. The van der Waals surface area contributed by atoms with E-state index in [1.165, 1.54) is 7.11 Å². The van der Waals surface area contributed by atoms with E-state index in [-0.39, 0.29) is 11.7 Å². The van der Waals surface area contributed by atoms with E-state index in [9.17, 15) is 9.59 Å². The molecule has 0 bridgehead atoms. The predicted octanol–water partition coefficient (Wildman–Crippen LogP) is 2.33. The molecule has 0 aliphatic carbocycles. The molecule has 0 saturated heterocycles. The normalized spacial score (nSPS) is 11.9. The summed E-state index contributed by atoms with van der Waals surface area (Å²) in [7, 11) is 1.35. The second kappa shape index (κ2) is 6.43. The topological polar surface area (TPSA) is 53.2 Å². The third kappa shape index (κ3) is 2.91. The third-order valence-electron chi connectivity index (χ3n) is 3.46. The van der Waals surface area contributed by atoms with Crippen LogP contribution in [0.25, 0.3) is 11.0 Å². The third-order valence-corrected chi connectivity index (χ3v) is 3.46. The zero-order chi connectivity index (χ0) is 15.4. The molecule has 1 aromatic carbocycles. The highest BCUT2D eigenvalue weighted by atomic mass is 16.5. The van der Waals surface area contributed by atoms with E-state index in [1.54, 1.807) is 22.1 Å². The average Bonchev–Trinajstić information content (AvgIpc) is 2.77. The second-order valence-corrected chi connectivity index (χ2v) is 4.91. The van der Waals surface area contributed by atoms with E-state index in [1.807, 2.05) is 31.2 Å². The summed E-state index contributed by atoms with van der Waals surface area (Å²) in [5.41, 5.74) is 2.25. The number of carbonyl (C=O) groups is 1. The van der Waals surface area contributed by atoms with Crippen molar-refractivity contribution >= 4 is 17.0 Å². The van der Waals surface area contributed by atoms with Crippen LogP contribution >= 0.6 is 0 Å². The van der Waals surface area contributed by atoms with E-state index in [4.69, 9.17) is 0 Å². The number of rotatable bonds is 5.